The van der Waals surface area contributed by atoms with Gasteiger partial charge in [0.2, 0.25) is 0 Å². The van der Waals surface area contributed by atoms with Gasteiger partial charge < -0.3 is 4.74 Å². The number of esters is 1. The minimum Gasteiger partial charge on any atom is -0.457 e. The number of non-ortho nitro benzene ring substituents is 1. The van der Waals surface area contributed by atoms with Crippen LogP contribution in [0.15, 0.2) is 86.6 Å². The normalized spacial score (nSPS) is 13.1. The molecular weight excluding hydrogens is 506 g/mol. The van der Waals surface area contributed by atoms with Gasteiger partial charge in [-0.2, -0.15) is 13.5 Å². The number of H-pyrrole nitrogens is 1. The quantitative estimate of drug-likeness (QED) is 0.125. The van der Waals surface area contributed by atoms with E-state index in [0.717, 1.165) is 16.8 Å². The third kappa shape index (κ3) is 4.53. The van der Waals surface area contributed by atoms with Crippen LogP contribution in [0, 0.1) is 10.1 Å². The fourth-order valence-electron chi connectivity index (χ4n) is 3.69. The Morgan fingerprint density at radius 2 is 1.70 bits per heavy atom. The molecule has 0 amide bonds. The first-order chi connectivity index (χ1) is 17.6. The standard InChI is InChI=1S/C23H15N5O8S/c29-22-21(25-24-15-4-9-18(10-5-15)37(33,34)35)20(13-1-6-16(7-2-13)28(31)32)26-27(22)17-8-3-14-12-36-23(30)19(14)11-17/h1-11,26H,12H2,(H,33,34,35). The molecule has 0 saturated heterocycles. The molecule has 0 aliphatic carbocycles. The van der Waals surface area contributed by atoms with Gasteiger partial charge in [0, 0.05) is 23.3 Å². The van der Waals surface area contributed by atoms with Crippen LogP contribution in [0.5, 0.6) is 0 Å². The molecule has 186 valence electrons. The van der Waals surface area contributed by atoms with Gasteiger partial charge in [0.05, 0.1) is 32.5 Å². The summed E-state index contributed by atoms with van der Waals surface area (Å²) < 4.78 is 37.8. The Morgan fingerprint density at radius 3 is 2.35 bits per heavy atom. The first kappa shape index (κ1) is 23.8. The number of nitro benzene ring substituents is 1. The van der Waals surface area contributed by atoms with Crippen molar-refractivity contribution in [2.45, 2.75) is 11.5 Å². The molecular formula is C23H15N5O8S. The van der Waals surface area contributed by atoms with E-state index in [4.69, 9.17) is 9.29 Å². The second-order valence-corrected chi connectivity index (χ2v) is 9.29. The van der Waals surface area contributed by atoms with Gasteiger partial charge in [0.25, 0.3) is 21.4 Å². The van der Waals surface area contributed by atoms with Crippen molar-refractivity contribution in [3.8, 4) is 16.9 Å². The zero-order valence-corrected chi connectivity index (χ0v) is 19.4. The molecule has 37 heavy (non-hydrogen) atoms. The zero-order valence-electron chi connectivity index (χ0n) is 18.6. The molecule has 3 aromatic carbocycles. The molecule has 1 aliphatic rings. The highest BCUT2D eigenvalue weighted by atomic mass is 32.2. The summed E-state index contributed by atoms with van der Waals surface area (Å²) in [7, 11) is -4.39. The van der Waals surface area contributed by atoms with Crippen molar-refractivity contribution < 1.29 is 27.4 Å². The largest absolute Gasteiger partial charge is 0.457 e. The minimum atomic E-state index is -4.39. The number of rotatable bonds is 6. The average molecular weight is 521 g/mol. The summed E-state index contributed by atoms with van der Waals surface area (Å²) >= 11 is 0. The fourth-order valence-corrected chi connectivity index (χ4v) is 4.17. The van der Waals surface area contributed by atoms with Crippen LogP contribution >= 0.6 is 0 Å². The Morgan fingerprint density at radius 1 is 1.00 bits per heavy atom. The van der Waals surface area contributed by atoms with Crippen molar-refractivity contribution in [1.82, 2.24) is 9.78 Å². The number of nitro groups is 1. The third-order valence-electron chi connectivity index (χ3n) is 5.56. The van der Waals surface area contributed by atoms with E-state index in [9.17, 15) is 28.1 Å². The lowest BCUT2D eigenvalue weighted by atomic mass is 10.1. The molecule has 0 atom stereocenters. The number of ether oxygens (including phenoxy) is 1. The summed E-state index contributed by atoms with van der Waals surface area (Å²) in [6.07, 6.45) is 0. The molecule has 14 heteroatoms. The van der Waals surface area contributed by atoms with E-state index >= 15 is 0 Å². The van der Waals surface area contributed by atoms with Crippen LogP contribution in [0.4, 0.5) is 17.1 Å². The highest BCUT2D eigenvalue weighted by Gasteiger charge is 2.23. The van der Waals surface area contributed by atoms with E-state index in [1.54, 1.807) is 12.1 Å². The van der Waals surface area contributed by atoms with Crippen LogP contribution < -0.4 is 5.56 Å². The van der Waals surface area contributed by atoms with Gasteiger partial charge in [-0.1, -0.05) is 6.07 Å². The molecule has 4 aromatic rings. The summed E-state index contributed by atoms with van der Waals surface area (Å²) in [5.74, 6) is -0.514. The Hall–Kier alpha value is -4.95. The number of aromatic nitrogens is 2. The molecule has 0 spiro atoms. The molecule has 0 radical (unpaired) electrons. The number of azo groups is 1. The highest BCUT2D eigenvalue weighted by molar-refractivity contribution is 7.85. The number of hydrogen-bond acceptors (Lipinski definition) is 9. The van der Waals surface area contributed by atoms with Gasteiger partial charge in [-0.05, 0) is 48.5 Å². The first-order valence-electron chi connectivity index (χ1n) is 10.5. The molecule has 0 bridgehead atoms. The summed E-state index contributed by atoms with van der Waals surface area (Å²) in [6.45, 7) is 0.137. The number of cyclic esters (lactones) is 1. The molecule has 0 fully saturated rings. The second-order valence-electron chi connectivity index (χ2n) is 7.87. The fraction of sp³-hybridized carbons (Fsp3) is 0.0435. The monoisotopic (exact) mass is 521 g/mol. The van der Waals surface area contributed by atoms with Crippen LogP contribution in [-0.2, 0) is 21.5 Å². The van der Waals surface area contributed by atoms with Crippen LogP contribution in [0.1, 0.15) is 15.9 Å². The Bertz CT molecular complexity index is 1750. The SMILES string of the molecule is O=C1OCc2ccc(-n3[nH]c(-c4ccc([N+](=O)[O-])cc4)c(N=Nc4ccc(S(=O)(=O)O)cc4)c3=O)cc21. The van der Waals surface area contributed by atoms with E-state index in [2.05, 4.69) is 15.3 Å². The van der Waals surface area contributed by atoms with Gasteiger partial charge in [-0.3, -0.25) is 24.6 Å². The van der Waals surface area contributed by atoms with Gasteiger partial charge >= 0.3 is 5.97 Å². The molecule has 5 rings (SSSR count). The van der Waals surface area contributed by atoms with Crippen LogP contribution in [0.3, 0.4) is 0 Å². The van der Waals surface area contributed by atoms with Crippen LogP contribution in [-0.4, -0.2) is 33.6 Å². The van der Waals surface area contributed by atoms with Crippen molar-refractivity contribution in [1.29, 1.82) is 0 Å². The lowest BCUT2D eigenvalue weighted by molar-refractivity contribution is -0.384. The average Bonchev–Trinajstić information content (AvgIpc) is 3.41. The lowest BCUT2D eigenvalue weighted by Gasteiger charge is -2.03. The Kier molecular flexibility index (Phi) is 5.74. The first-order valence-corrected chi connectivity index (χ1v) is 12.0. The minimum absolute atomic E-state index is 0.137. The Balaban J connectivity index is 1.61. The van der Waals surface area contributed by atoms with E-state index in [0.29, 0.717) is 22.4 Å². The second kappa shape index (κ2) is 8.92. The van der Waals surface area contributed by atoms with Gasteiger partial charge in [-0.25, -0.2) is 9.48 Å². The van der Waals surface area contributed by atoms with E-state index < -0.39 is 26.6 Å². The maximum Gasteiger partial charge on any atom is 0.338 e. The molecule has 2 heterocycles. The maximum absolute atomic E-state index is 13.4. The topological polar surface area (TPSA) is 186 Å². The number of carbonyl (C=O) groups excluding carboxylic acids is 1. The number of benzene rings is 3. The van der Waals surface area contributed by atoms with E-state index in [1.807, 2.05) is 0 Å². The number of aromatic amines is 1. The lowest BCUT2D eigenvalue weighted by Crippen LogP contribution is -2.14. The Labute approximate surface area is 207 Å². The van der Waals surface area contributed by atoms with Crippen LogP contribution in [0.25, 0.3) is 16.9 Å². The summed E-state index contributed by atoms with van der Waals surface area (Å²) in [4.78, 5) is 35.5. The third-order valence-corrected chi connectivity index (χ3v) is 6.43. The van der Waals surface area contributed by atoms with Crippen molar-refractivity contribution in [2.24, 2.45) is 10.2 Å². The highest BCUT2D eigenvalue weighted by Crippen LogP contribution is 2.30. The number of hydrogen-bond donors (Lipinski definition) is 2. The molecule has 1 aromatic heterocycles. The summed E-state index contributed by atoms with van der Waals surface area (Å²) in [5.41, 5.74) is 1.19. The van der Waals surface area contributed by atoms with E-state index in [1.165, 1.54) is 42.5 Å². The van der Waals surface area contributed by atoms with Crippen molar-refractivity contribution in [2.75, 3.05) is 0 Å². The number of nitrogens with one attached hydrogen (secondary N) is 1. The predicted octanol–water partition coefficient (Wildman–Crippen LogP) is 4.07. The molecule has 13 nitrogen and oxygen atoms in total. The zero-order chi connectivity index (χ0) is 26.3. The van der Waals surface area contributed by atoms with Gasteiger partial charge in [0.15, 0.2) is 5.69 Å². The number of nitrogens with zero attached hydrogens (tertiary/aromatic N) is 4. The van der Waals surface area contributed by atoms with Gasteiger partial charge in [0.1, 0.15) is 6.61 Å². The van der Waals surface area contributed by atoms with Crippen molar-refractivity contribution in [3.05, 3.63) is 98.3 Å². The molecule has 0 unspecified atom stereocenters. The predicted molar refractivity (Wildman–Crippen MR) is 128 cm³/mol. The number of fused-ring (bicyclic) bond motifs is 1. The van der Waals surface area contributed by atoms with Crippen molar-refractivity contribution in [3.63, 3.8) is 0 Å². The molecule has 2 N–H and O–H groups in total. The smallest absolute Gasteiger partial charge is 0.338 e. The van der Waals surface area contributed by atoms with Crippen molar-refractivity contribution >= 4 is 33.1 Å². The van der Waals surface area contributed by atoms with Gasteiger partial charge in [-0.15, -0.1) is 5.11 Å². The summed E-state index contributed by atoms with van der Waals surface area (Å²) in [5, 5.41) is 22.0. The summed E-state index contributed by atoms with van der Waals surface area (Å²) in [6, 6.07) is 15.0. The molecule has 1 aliphatic heterocycles. The number of carbonyl (C=O) groups is 1. The van der Waals surface area contributed by atoms with E-state index in [-0.39, 0.29) is 34.3 Å². The maximum atomic E-state index is 13.4. The molecule has 0 saturated carbocycles. The van der Waals surface area contributed by atoms with Crippen LogP contribution in [0.2, 0.25) is 0 Å².